The Bertz CT molecular complexity index is 582. The van der Waals surface area contributed by atoms with E-state index in [-0.39, 0.29) is 25.1 Å². The molecule has 0 aliphatic carbocycles. The van der Waals surface area contributed by atoms with E-state index in [1.54, 1.807) is 0 Å². The van der Waals surface area contributed by atoms with Gasteiger partial charge in [0, 0.05) is 13.0 Å². The molecule has 8 nitrogen and oxygen atoms in total. The number of aliphatic hydroxyl groups excluding tert-OH is 1. The number of aliphatic hydroxyl groups is 1. The van der Waals surface area contributed by atoms with Gasteiger partial charge in [-0.05, 0) is 6.42 Å². The lowest BCUT2D eigenvalue weighted by molar-refractivity contribution is -0.140. The molecule has 0 radical (unpaired) electrons. The van der Waals surface area contributed by atoms with Crippen molar-refractivity contribution < 1.29 is 31.8 Å². The quantitative estimate of drug-likeness (QED) is 0.618. The summed E-state index contributed by atoms with van der Waals surface area (Å²) in [6.45, 7) is -0.296. The molecule has 2 heterocycles. The molecule has 3 atom stereocenters. The molecule has 0 aromatic heterocycles. The highest BCUT2D eigenvalue weighted by Gasteiger charge is 2.48. The number of carboxylic acid groups (broad SMARTS) is 1. The summed E-state index contributed by atoms with van der Waals surface area (Å²) in [4.78, 5) is 11.0. The van der Waals surface area contributed by atoms with Crippen LogP contribution in [0.25, 0.3) is 0 Å². The largest absolute Gasteiger partial charge is 0.480 e. The maximum absolute atomic E-state index is 12.3. The molecule has 0 aromatic rings. The van der Waals surface area contributed by atoms with Gasteiger partial charge in [-0.15, -0.1) is 0 Å². The number of aliphatic carboxylic acids is 1. The average molecular weight is 313 g/mol. The van der Waals surface area contributed by atoms with Gasteiger partial charge in [0.25, 0.3) is 0 Å². The summed E-state index contributed by atoms with van der Waals surface area (Å²) >= 11 is 0. The molecule has 2 aliphatic heterocycles. The Kier molecular flexibility index (Phi) is 3.62. The lowest BCUT2D eigenvalue weighted by Gasteiger charge is -2.23. The Morgan fingerprint density at radius 2 is 1.95 bits per heavy atom. The number of hydrogen-bond donors (Lipinski definition) is 2. The second-order valence-electron chi connectivity index (χ2n) is 4.88. The Morgan fingerprint density at radius 3 is 2.42 bits per heavy atom. The third-order valence-electron chi connectivity index (χ3n) is 3.46. The van der Waals surface area contributed by atoms with Crippen molar-refractivity contribution in [2.45, 2.75) is 30.2 Å². The van der Waals surface area contributed by atoms with Crippen LogP contribution in [-0.2, 0) is 24.7 Å². The molecule has 0 spiro atoms. The van der Waals surface area contributed by atoms with Crippen molar-refractivity contribution >= 4 is 25.8 Å². The summed E-state index contributed by atoms with van der Waals surface area (Å²) in [7, 11) is -7.40. The van der Waals surface area contributed by atoms with Crippen molar-refractivity contribution in [2.75, 3.05) is 18.1 Å². The van der Waals surface area contributed by atoms with E-state index in [1.807, 2.05) is 0 Å². The van der Waals surface area contributed by atoms with Crippen LogP contribution in [-0.4, -0.2) is 72.8 Å². The van der Waals surface area contributed by atoms with E-state index in [0.717, 1.165) is 4.31 Å². The number of β-amino-alcohol motifs (C(OH)–C–C–N with tert-alkyl or cyclic N) is 1. The van der Waals surface area contributed by atoms with E-state index < -0.39 is 49.0 Å². The van der Waals surface area contributed by atoms with Crippen LogP contribution < -0.4 is 0 Å². The van der Waals surface area contributed by atoms with E-state index in [9.17, 15) is 26.7 Å². The number of sulfonamides is 1. The molecule has 2 aliphatic rings. The van der Waals surface area contributed by atoms with Gasteiger partial charge in [0.1, 0.15) is 6.04 Å². The minimum atomic E-state index is -4.02. The maximum Gasteiger partial charge on any atom is 0.322 e. The Morgan fingerprint density at radius 1 is 1.32 bits per heavy atom. The zero-order valence-electron chi connectivity index (χ0n) is 9.97. The summed E-state index contributed by atoms with van der Waals surface area (Å²) in [5, 5.41) is 17.3. The van der Waals surface area contributed by atoms with Gasteiger partial charge in [-0.3, -0.25) is 4.79 Å². The summed E-state index contributed by atoms with van der Waals surface area (Å²) in [5.74, 6) is -2.01. The molecular formula is C9H15NO7S2. The van der Waals surface area contributed by atoms with Gasteiger partial charge in [0.15, 0.2) is 9.84 Å². The molecule has 2 saturated heterocycles. The minimum Gasteiger partial charge on any atom is -0.480 e. The first-order valence-electron chi connectivity index (χ1n) is 5.75. The second-order valence-corrected chi connectivity index (χ2v) is 9.28. The van der Waals surface area contributed by atoms with E-state index in [0.29, 0.717) is 0 Å². The van der Waals surface area contributed by atoms with Crippen molar-refractivity contribution in [1.29, 1.82) is 0 Å². The molecule has 2 N–H and O–H groups in total. The van der Waals surface area contributed by atoms with Gasteiger partial charge in [0.2, 0.25) is 10.0 Å². The van der Waals surface area contributed by atoms with Crippen molar-refractivity contribution in [2.24, 2.45) is 0 Å². The van der Waals surface area contributed by atoms with Crippen molar-refractivity contribution in [1.82, 2.24) is 4.31 Å². The topological polar surface area (TPSA) is 129 Å². The summed E-state index contributed by atoms with van der Waals surface area (Å²) < 4.78 is 47.9. The highest BCUT2D eigenvalue weighted by atomic mass is 32.2. The van der Waals surface area contributed by atoms with E-state index in [4.69, 9.17) is 5.11 Å². The van der Waals surface area contributed by atoms with Crippen LogP contribution >= 0.6 is 0 Å². The van der Waals surface area contributed by atoms with Crippen LogP contribution in [0.1, 0.15) is 12.8 Å². The fourth-order valence-corrected chi connectivity index (χ4v) is 7.19. The summed E-state index contributed by atoms with van der Waals surface area (Å²) in [6.07, 6.45) is -1.23. The number of carboxylic acids is 1. The summed E-state index contributed by atoms with van der Waals surface area (Å²) in [5.41, 5.74) is 0. The summed E-state index contributed by atoms with van der Waals surface area (Å²) in [6, 6.07) is -1.32. The molecule has 0 bridgehead atoms. The van der Waals surface area contributed by atoms with Crippen LogP contribution in [0.4, 0.5) is 0 Å². The predicted octanol–water partition coefficient (Wildman–Crippen LogP) is -1.98. The fourth-order valence-electron chi connectivity index (χ4n) is 2.48. The van der Waals surface area contributed by atoms with Crippen LogP contribution in [0.3, 0.4) is 0 Å². The monoisotopic (exact) mass is 313 g/mol. The number of nitrogens with zero attached hydrogens (tertiary/aromatic N) is 1. The van der Waals surface area contributed by atoms with Gasteiger partial charge in [-0.25, -0.2) is 16.8 Å². The lowest BCUT2D eigenvalue weighted by atomic mass is 10.2. The zero-order valence-corrected chi connectivity index (χ0v) is 11.6. The van der Waals surface area contributed by atoms with Crippen LogP contribution in [0.2, 0.25) is 0 Å². The molecule has 2 fully saturated rings. The first-order chi connectivity index (χ1) is 8.63. The molecule has 0 saturated carbocycles. The Labute approximate surface area is 111 Å². The molecular weight excluding hydrogens is 298 g/mol. The number of sulfone groups is 1. The Balaban J connectivity index is 2.27. The Hall–Kier alpha value is -0.710. The smallest absolute Gasteiger partial charge is 0.322 e. The highest BCUT2D eigenvalue weighted by Crippen LogP contribution is 2.28. The average Bonchev–Trinajstić information content (AvgIpc) is 2.82. The number of carbonyl (C=O) groups is 1. The zero-order chi connectivity index (χ0) is 14.4. The van der Waals surface area contributed by atoms with Gasteiger partial charge in [-0.2, -0.15) is 4.31 Å². The SMILES string of the molecule is O=C(O)[C@H]1C[C@@H](O)CN1S(=O)(=O)C1CCS(=O)(=O)C1. The van der Waals surface area contributed by atoms with Crippen LogP contribution in [0, 0.1) is 0 Å². The first kappa shape index (κ1) is 14.7. The van der Waals surface area contributed by atoms with Gasteiger partial charge < -0.3 is 10.2 Å². The van der Waals surface area contributed by atoms with Crippen molar-refractivity contribution in [3.63, 3.8) is 0 Å². The van der Waals surface area contributed by atoms with Gasteiger partial charge >= 0.3 is 5.97 Å². The van der Waals surface area contributed by atoms with Crippen molar-refractivity contribution in [3.8, 4) is 0 Å². The standard InChI is InChI=1S/C9H15NO7S2/c11-6-3-8(9(12)13)10(4-6)19(16,17)7-1-2-18(14,15)5-7/h6-8,11H,1-5H2,(H,12,13)/t6-,7?,8-/m1/s1. The van der Waals surface area contributed by atoms with E-state index in [1.165, 1.54) is 0 Å². The van der Waals surface area contributed by atoms with Gasteiger partial charge in [-0.1, -0.05) is 0 Å². The minimum absolute atomic E-state index is 0.0242. The first-order valence-corrected chi connectivity index (χ1v) is 9.08. The molecule has 0 amide bonds. The molecule has 19 heavy (non-hydrogen) atoms. The number of hydrogen-bond acceptors (Lipinski definition) is 6. The molecule has 10 heteroatoms. The normalized spacial score (nSPS) is 35.5. The third-order valence-corrected chi connectivity index (χ3v) is 7.74. The predicted molar refractivity (Wildman–Crippen MR) is 64.7 cm³/mol. The maximum atomic E-state index is 12.3. The van der Waals surface area contributed by atoms with E-state index in [2.05, 4.69) is 0 Å². The lowest BCUT2D eigenvalue weighted by Crippen LogP contribution is -2.45. The molecule has 2 rings (SSSR count). The number of rotatable bonds is 3. The van der Waals surface area contributed by atoms with Crippen molar-refractivity contribution in [3.05, 3.63) is 0 Å². The van der Waals surface area contributed by atoms with E-state index >= 15 is 0 Å². The fraction of sp³-hybridized carbons (Fsp3) is 0.889. The second kappa shape index (κ2) is 4.69. The highest BCUT2D eigenvalue weighted by molar-refractivity contribution is 7.95. The molecule has 1 unspecified atom stereocenters. The third kappa shape index (κ3) is 2.76. The van der Waals surface area contributed by atoms with Crippen LogP contribution in [0.15, 0.2) is 0 Å². The molecule has 110 valence electrons. The molecule has 0 aromatic carbocycles. The van der Waals surface area contributed by atoms with Gasteiger partial charge in [0.05, 0.1) is 22.9 Å². The van der Waals surface area contributed by atoms with Crippen LogP contribution in [0.5, 0.6) is 0 Å².